The van der Waals surface area contributed by atoms with Gasteiger partial charge in [0.1, 0.15) is 5.65 Å². The lowest BCUT2D eigenvalue weighted by atomic mass is 10.0. The number of imidazole rings is 1. The number of likely N-dealkylation sites (N-methyl/N-ethyl adjacent to an activating group) is 1. The van der Waals surface area contributed by atoms with Gasteiger partial charge in [-0.05, 0) is 25.0 Å². The molecule has 0 aromatic carbocycles. The van der Waals surface area contributed by atoms with Crippen molar-refractivity contribution < 1.29 is 10.2 Å². The summed E-state index contributed by atoms with van der Waals surface area (Å²) in [6, 6.07) is 5.76. The van der Waals surface area contributed by atoms with E-state index in [0.717, 1.165) is 42.8 Å². The Morgan fingerprint density at radius 2 is 2.10 bits per heavy atom. The minimum absolute atomic E-state index is 0.0662. The molecule has 1 aliphatic rings. The van der Waals surface area contributed by atoms with E-state index in [2.05, 4.69) is 4.98 Å². The molecule has 2 aromatic heterocycles. The van der Waals surface area contributed by atoms with E-state index in [4.69, 9.17) is 0 Å². The first-order chi connectivity index (χ1) is 9.63. The standard InChI is InChI=1S/C15H21N3O2/c1-17(11-15(20)7-3-4-8-15)14-12(10-19)18-9-5-2-6-13(18)16-14/h2,5-6,9,19-20H,3-4,7-8,10-11H2,1H3. The largest absolute Gasteiger partial charge is 0.390 e. The van der Waals surface area contributed by atoms with E-state index in [1.165, 1.54) is 0 Å². The minimum Gasteiger partial charge on any atom is -0.390 e. The zero-order chi connectivity index (χ0) is 14.2. The van der Waals surface area contributed by atoms with Crippen molar-refractivity contribution in [2.45, 2.75) is 37.9 Å². The van der Waals surface area contributed by atoms with Gasteiger partial charge in [-0.1, -0.05) is 18.9 Å². The van der Waals surface area contributed by atoms with Crippen LogP contribution in [0.2, 0.25) is 0 Å². The van der Waals surface area contributed by atoms with Gasteiger partial charge in [-0.15, -0.1) is 0 Å². The molecule has 1 aliphatic carbocycles. The summed E-state index contributed by atoms with van der Waals surface area (Å²) in [7, 11) is 1.93. The molecule has 2 aromatic rings. The fourth-order valence-corrected chi connectivity index (χ4v) is 3.19. The quantitative estimate of drug-likeness (QED) is 0.889. The number of aromatic nitrogens is 2. The molecule has 0 amide bonds. The van der Waals surface area contributed by atoms with Crippen LogP contribution in [0.15, 0.2) is 24.4 Å². The highest BCUT2D eigenvalue weighted by molar-refractivity contribution is 5.55. The van der Waals surface area contributed by atoms with E-state index in [0.29, 0.717) is 6.54 Å². The van der Waals surface area contributed by atoms with E-state index in [-0.39, 0.29) is 6.61 Å². The SMILES string of the molecule is CN(CC1(O)CCCC1)c1nc2ccccn2c1CO. The van der Waals surface area contributed by atoms with Gasteiger partial charge < -0.3 is 15.1 Å². The Hall–Kier alpha value is -1.59. The van der Waals surface area contributed by atoms with Crippen molar-refractivity contribution in [3.05, 3.63) is 30.1 Å². The summed E-state index contributed by atoms with van der Waals surface area (Å²) in [6.07, 6.45) is 5.76. The highest BCUT2D eigenvalue weighted by Crippen LogP contribution is 2.31. The monoisotopic (exact) mass is 275 g/mol. The highest BCUT2D eigenvalue weighted by atomic mass is 16.3. The zero-order valence-corrected chi connectivity index (χ0v) is 11.8. The fraction of sp³-hybridized carbons (Fsp3) is 0.533. The second-order valence-corrected chi connectivity index (χ2v) is 5.76. The molecule has 0 saturated heterocycles. The Labute approximate surface area is 118 Å². The number of fused-ring (bicyclic) bond motifs is 1. The van der Waals surface area contributed by atoms with Gasteiger partial charge in [0, 0.05) is 19.8 Å². The van der Waals surface area contributed by atoms with E-state index < -0.39 is 5.60 Å². The van der Waals surface area contributed by atoms with Gasteiger partial charge in [0.2, 0.25) is 0 Å². The van der Waals surface area contributed by atoms with Crippen LogP contribution in [-0.2, 0) is 6.61 Å². The van der Waals surface area contributed by atoms with E-state index in [9.17, 15) is 10.2 Å². The van der Waals surface area contributed by atoms with E-state index in [1.807, 2.05) is 40.7 Å². The first-order valence-electron chi connectivity index (χ1n) is 7.13. The van der Waals surface area contributed by atoms with Crippen LogP contribution in [0.4, 0.5) is 5.82 Å². The lowest BCUT2D eigenvalue weighted by molar-refractivity contribution is 0.0557. The third-order valence-electron chi connectivity index (χ3n) is 4.18. The van der Waals surface area contributed by atoms with Gasteiger partial charge in [-0.25, -0.2) is 4.98 Å². The number of hydrogen-bond acceptors (Lipinski definition) is 4. The molecule has 0 bridgehead atoms. The molecule has 2 heterocycles. The lowest BCUT2D eigenvalue weighted by Gasteiger charge is -2.29. The molecule has 20 heavy (non-hydrogen) atoms. The van der Waals surface area contributed by atoms with Crippen molar-refractivity contribution >= 4 is 11.5 Å². The Bertz CT molecular complexity index is 602. The summed E-state index contributed by atoms with van der Waals surface area (Å²) >= 11 is 0. The number of rotatable bonds is 4. The third kappa shape index (κ3) is 2.27. The summed E-state index contributed by atoms with van der Waals surface area (Å²) in [4.78, 5) is 6.54. The Morgan fingerprint density at radius 1 is 1.35 bits per heavy atom. The first kappa shape index (κ1) is 13.4. The van der Waals surface area contributed by atoms with Gasteiger partial charge in [-0.2, -0.15) is 0 Å². The summed E-state index contributed by atoms with van der Waals surface area (Å²) in [6.45, 7) is 0.493. The maximum absolute atomic E-state index is 10.5. The number of aliphatic hydroxyl groups excluding tert-OH is 1. The molecule has 0 aliphatic heterocycles. The zero-order valence-electron chi connectivity index (χ0n) is 11.8. The molecule has 1 saturated carbocycles. The molecule has 0 spiro atoms. The van der Waals surface area contributed by atoms with Gasteiger partial charge in [0.15, 0.2) is 5.82 Å². The predicted octanol–water partition coefficient (Wildman–Crippen LogP) is 1.57. The second-order valence-electron chi connectivity index (χ2n) is 5.76. The van der Waals surface area contributed by atoms with Crippen molar-refractivity contribution in [1.29, 1.82) is 0 Å². The molecule has 0 atom stereocenters. The third-order valence-corrected chi connectivity index (χ3v) is 4.18. The Balaban J connectivity index is 1.92. The molecule has 3 rings (SSSR count). The number of pyridine rings is 1. The van der Waals surface area contributed by atoms with Gasteiger partial charge >= 0.3 is 0 Å². The van der Waals surface area contributed by atoms with Crippen LogP contribution in [0.3, 0.4) is 0 Å². The van der Waals surface area contributed by atoms with E-state index >= 15 is 0 Å². The van der Waals surface area contributed by atoms with Crippen LogP contribution in [0.25, 0.3) is 5.65 Å². The smallest absolute Gasteiger partial charge is 0.153 e. The van der Waals surface area contributed by atoms with Gasteiger partial charge in [0.05, 0.1) is 17.9 Å². The van der Waals surface area contributed by atoms with Crippen molar-refractivity contribution in [3.8, 4) is 0 Å². The summed E-state index contributed by atoms with van der Waals surface area (Å²) in [5, 5.41) is 20.2. The van der Waals surface area contributed by atoms with Gasteiger partial charge in [0.25, 0.3) is 0 Å². The van der Waals surface area contributed by atoms with Crippen LogP contribution >= 0.6 is 0 Å². The molecule has 108 valence electrons. The molecule has 0 radical (unpaired) electrons. The number of aliphatic hydroxyl groups is 2. The molecular weight excluding hydrogens is 254 g/mol. The maximum Gasteiger partial charge on any atom is 0.153 e. The molecular formula is C15H21N3O2. The lowest BCUT2D eigenvalue weighted by Crippen LogP contribution is -2.39. The van der Waals surface area contributed by atoms with Crippen molar-refractivity contribution in [2.75, 3.05) is 18.5 Å². The number of nitrogens with zero attached hydrogens (tertiary/aromatic N) is 3. The van der Waals surface area contributed by atoms with Crippen LogP contribution in [0.5, 0.6) is 0 Å². The average molecular weight is 275 g/mol. The maximum atomic E-state index is 10.5. The minimum atomic E-state index is -0.614. The molecule has 5 heteroatoms. The molecule has 0 unspecified atom stereocenters. The fourth-order valence-electron chi connectivity index (χ4n) is 3.19. The second kappa shape index (κ2) is 5.07. The summed E-state index contributed by atoms with van der Waals surface area (Å²) in [5.74, 6) is 0.749. The first-order valence-corrected chi connectivity index (χ1v) is 7.13. The van der Waals surface area contributed by atoms with Crippen molar-refractivity contribution in [3.63, 3.8) is 0 Å². The highest BCUT2D eigenvalue weighted by Gasteiger charge is 2.33. The molecule has 1 fully saturated rings. The number of hydrogen-bond donors (Lipinski definition) is 2. The van der Waals surface area contributed by atoms with Crippen molar-refractivity contribution in [2.24, 2.45) is 0 Å². The summed E-state index contributed by atoms with van der Waals surface area (Å²) < 4.78 is 1.89. The predicted molar refractivity (Wildman–Crippen MR) is 77.8 cm³/mol. The van der Waals surface area contributed by atoms with E-state index in [1.54, 1.807) is 0 Å². The van der Waals surface area contributed by atoms with Crippen LogP contribution in [0.1, 0.15) is 31.4 Å². The normalized spacial score (nSPS) is 17.8. The average Bonchev–Trinajstić information content (AvgIpc) is 3.02. The Kier molecular flexibility index (Phi) is 3.40. The van der Waals surface area contributed by atoms with Gasteiger partial charge in [-0.3, -0.25) is 4.40 Å². The van der Waals surface area contributed by atoms with Crippen LogP contribution < -0.4 is 4.90 Å². The van der Waals surface area contributed by atoms with Crippen molar-refractivity contribution in [1.82, 2.24) is 9.38 Å². The van der Waals surface area contributed by atoms with Crippen LogP contribution in [0, 0.1) is 0 Å². The topological polar surface area (TPSA) is 61.0 Å². The molecule has 5 nitrogen and oxygen atoms in total. The van der Waals surface area contributed by atoms with Crippen LogP contribution in [-0.4, -0.2) is 38.8 Å². The summed E-state index contributed by atoms with van der Waals surface area (Å²) in [5.41, 5.74) is 0.971. The number of anilines is 1. The molecule has 2 N–H and O–H groups in total. The Morgan fingerprint density at radius 3 is 2.80 bits per heavy atom.